The monoisotopic (exact) mass is 399 g/mol. The Morgan fingerprint density at radius 3 is 2.53 bits per heavy atom. The Balaban J connectivity index is 1.47. The summed E-state index contributed by atoms with van der Waals surface area (Å²) >= 11 is 0. The molecule has 2 aromatic carbocycles. The van der Waals surface area contributed by atoms with Gasteiger partial charge in [0.2, 0.25) is 0 Å². The summed E-state index contributed by atoms with van der Waals surface area (Å²) in [5.41, 5.74) is 2.94. The third kappa shape index (κ3) is 4.70. The molecule has 3 N–H and O–H groups in total. The van der Waals surface area contributed by atoms with Gasteiger partial charge in [-0.05, 0) is 49.1 Å². The first-order valence-electron chi connectivity index (χ1n) is 9.72. The van der Waals surface area contributed by atoms with Crippen LogP contribution in [0.2, 0.25) is 0 Å². The molecule has 7 heteroatoms. The van der Waals surface area contributed by atoms with Crippen molar-refractivity contribution < 1.29 is 4.79 Å². The van der Waals surface area contributed by atoms with Crippen LogP contribution < -0.4 is 16.2 Å². The summed E-state index contributed by atoms with van der Waals surface area (Å²) in [4.78, 5) is 28.5. The zero-order chi connectivity index (χ0) is 20.8. The number of H-pyrrole nitrogens is 1. The molecule has 0 aliphatic carbocycles. The van der Waals surface area contributed by atoms with Crippen LogP contribution in [-0.2, 0) is 12.8 Å². The minimum absolute atomic E-state index is 0.284. The normalized spacial score (nSPS) is 10.7. The van der Waals surface area contributed by atoms with Gasteiger partial charge in [0.15, 0.2) is 0 Å². The van der Waals surface area contributed by atoms with E-state index >= 15 is 0 Å². The zero-order valence-electron chi connectivity index (χ0n) is 16.3. The molecule has 0 radical (unpaired) electrons. The van der Waals surface area contributed by atoms with Gasteiger partial charge in [0.05, 0.1) is 23.0 Å². The first kappa shape index (κ1) is 19.3. The zero-order valence-corrected chi connectivity index (χ0v) is 16.3. The largest absolute Gasteiger partial charge is 0.323 e. The molecule has 4 rings (SSSR count). The van der Waals surface area contributed by atoms with Crippen LogP contribution in [-0.4, -0.2) is 21.2 Å². The molecule has 0 aliphatic heterocycles. The highest BCUT2D eigenvalue weighted by Gasteiger charge is 2.09. The van der Waals surface area contributed by atoms with E-state index in [-0.39, 0.29) is 5.56 Å². The maximum Gasteiger partial charge on any atom is 0.323 e. The van der Waals surface area contributed by atoms with E-state index in [1.165, 1.54) is 5.56 Å². The average molecular weight is 399 g/mol. The van der Waals surface area contributed by atoms with Gasteiger partial charge in [-0.1, -0.05) is 36.4 Å². The summed E-state index contributed by atoms with van der Waals surface area (Å²) in [5.74, 6) is 0. The SMILES string of the molecule is O=C(Nc1cccnc1)Nc1ccc2c(CCCc3ccccc3)n[nH]c(=O)c2c1. The van der Waals surface area contributed by atoms with Crippen molar-refractivity contribution in [1.29, 1.82) is 0 Å². The van der Waals surface area contributed by atoms with E-state index in [9.17, 15) is 9.59 Å². The van der Waals surface area contributed by atoms with Crippen molar-refractivity contribution in [3.63, 3.8) is 0 Å². The fourth-order valence-electron chi connectivity index (χ4n) is 3.33. The van der Waals surface area contributed by atoms with Crippen LogP contribution in [0.5, 0.6) is 0 Å². The number of carbonyl (C=O) groups is 1. The van der Waals surface area contributed by atoms with Gasteiger partial charge < -0.3 is 10.6 Å². The highest BCUT2D eigenvalue weighted by Crippen LogP contribution is 2.20. The molecule has 0 atom stereocenters. The third-order valence-electron chi connectivity index (χ3n) is 4.77. The number of pyridine rings is 1. The van der Waals surface area contributed by atoms with Gasteiger partial charge in [-0.3, -0.25) is 9.78 Å². The summed E-state index contributed by atoms with van der Waals surface area (Å²) in [7, 11) is 0. The number of nitrogens with one attached hydrogen (secondary N) is 3. The first-order valence-corrected chi connectivity index (χ1v) is 9.72. The molecule has 2 heterocycles. The molecular weight excluding hydrogens is 378 g/mol. The molecule has 0 fully saturated rings. The molecule has 0 saturated heterocycles. The number of aromatic nitrogens is 3. The van der Waals surface area contributed by atoms with Crippen LogP contribution in [0.3, 0.4) is 0 Å². The van der Waals surface area contributed by atoms with E-state index in [0.717, 1.165) is 30.3 Å². The topological polar surface area (TPSA) is 99.8 Å². The standard InChI is InChI=1S/C23H21N5O2/c29-22-20-14-17(25-23(30)26-18-9-5-13-24-15-18)11-12-19(20)21(27-28-22)10-4-8-16-6-2-1-3-7-16/h1-3,5-7,9,11-15H,4,8,10H2,(H,28,29)(H2,25,26,30). The highest BCUT2D eigenvalue weighted by atomic mass is 16.2. The second-order valence-corrected chi connectivity index (χ2v) is 6.92. The van der Waals surface area contributed by atoms with E-state index in [1.807, 2.05) is 24.3 Å². The van der Waals surface area contributed by atoms with Crippen molar-refractivity contribution in [1.82, 2.24) is 15.2 Å². The fraction of sp³-hybridized carbons (Fsp3) is 0.130. The number of fused-ring (bicyclic) bond motifs is 1. The Labute approximate surface area is 173 Å². The van der Waals surface area contributed by atoms with Crippen LogP contribution in [0.15, 0.2) is 77.9 Å². The van der Waals surface area contributed by atoms with Gasteiger partial charge in [0.25, 0.3) is 5.56 Å². The van der Waals surface area contributed by atoms with Crippen molar-refractivity contribution >= 4 is 28.2 Å². The van der Waals surface area contributed by atoms with Crippen LogP contribution >= 0.6 is 0 Å². The predicted octanol–water partition coefficient (Wildman–Crippen LogP) is 4.14. The van der Waals surface area contributed by atoms with Crippen molar-refractivity contribution in [2.24, 2.45) is 0 Å². The molecule has 0 spiro atoms. The van der Waals surface area contributed by atoms with Crippen LogP contribution in [0.1, 0.15) is 17.7 Å². The summed E-state index contributed by atoms with van der Waals surface area (Å²) in [6.45, 7) is 0. The second-order valence-electron chi connectivity index (χ2n) is 6.92. The fourth-order valence-corrected chi connectivity index (χ4v) is 3.33. The number of nitrogens with zero attached hydrogens (tertiary/aromatic N) is 2. The second kappa shape index (κ2) is 9.00. The van der Waals surface area contributed by atoms with Crippen molar-refractivity contribution in [3.8, 4) is 0 Å². The molecule has 2 amide bonds. The number of rotatable bonds is 6. The average Bonchev–Trinajstić information content (AvgIpc) is 2.77. The number of carbonyl (C=O) groups excluding carboxylic acids is 1. The van der Waals surface area contributed by atoms with E-state index in [1.54, 1.807) is 36.7 Å². The van der Waals surface area contributed by atoms with E-state index in [4.69, 9.17) is 0 Å². The van der Waals surface area contributed by atoms with E-state index in [2.05, 4.69) is 37.9 Å². The highest BCUT2D eigenvalue weighted by molar-refractivity contribution is 6.01. The Hall–Kier alpha value is -4.00. The molecule has 150 valence electrons. The first-order chi connectivity index (χ1) is 14.7. The number of amides is 2. The lowest BCUT2D eigenvalue weighted by atomic mass is 10.0. The summed E-state index contributed by atoms with van der Waals surface area (Å²) in [6, 6.07) is 18.6. The number of anilines is 2. The summed E-state index contributed by atoms with van der Waals surface area (Å²) < 4.78 is 0. The van der Waals surface area contributed by atoms with Gasteiger partial charge in [-0.25, -0.2) is 9.89 Å². The van der Waals surface area contributed by atoms with E-state index in [0.29, 0.717) is 16.8 Å². The number of hydrogen-bond donors (Lipinski definition) is 3. The summed E-state index contributed by atoms with van der Waals surface area (Å²) in [5, 5.41) is 13.5. The molecule has 0 aliphatic rings. The number of aryl methyl sites for hydroxylation is 2. The van der Waals surface area contributed by atoms with Gasteiger partial charge in [0, 0.05) is 17.3 Å². The van der Waals surface area contributed by atoms with Gasteiger partial charge in [-0.15, -0.1) is 0 Å². The lowest BCUT2D eigenvalue weighted by Gasteiger charge is -2.09. The minimum atomic E-state index is -0.407. The Kier molecular flexibility index (Phi) is 5.80. The lowest BCUT2D eigenvalue weighted by molar-refractivity contribution is 0.262. The Morgan fingerprint density at radius 2 is 1.73 bits per heavy atom. The molecule has 30 heavy (non-hydrogen) atoms. The number of benzene rings is 2. The Bertz CT molecular complexity index is 1210. The summed E-state index contributed by atoms with van der Waals surface area (Å²) in [6.07, 6.45) is 5.79. The van der Waals surface area contributed by atoms with Gasteiger partial charge in [-0.2, -0.15) is 5.10 Å². The molecule has 7 nitrogen and oxygen atoms in total. The van der Waals surface area contributed by atoms with Gasteiger partial charge in [0.1, 0.15) is 0 Å². The van der Waals surface area contributed by atoms with Crippen molar-refractivity contribution in [2.45, 2.75) is 19.3 Å². The van der Waals surface area contributed by atoms with Crippen molar-refractivity contribution in [3.05, 3.63) is 94.7 Å². The number of aromatic amines is 1. The third-order valence-corrected chi connectivity index (χ3v) is 4.77. The molecular formula is C23H21N5O2. The molecule has 2 aromatic heterocycles. The van der Waals surface area contributed by atoms with E-state index < -0.39 is 6.03 Å². The minimum Gasteiger partial charge on any atom is -0.308 e. The predicted molar refractivity (Wildman–Crippen MR) is 118 cm³/mol. The Morgan fingerprint density at radius 1 is 0.900 bits per heavy atom. The van der Waals surface area contributed by atoms with Crippen LogP contribution in [0, 0.1) is 0 Å². The van der Waals surface area contributed by atoms with Crippen LogP contribution in [0.4, 0.5) is 16.2 Å². The van der Waals surface area contributed by atoms with Crippen molar-refractivity contribution in [2.75, 3.05) is 10.6 Å². The maximum atomic E-state index is 12.3. The molecule has 0 bridgehead atoms. The molecule has 0 unspecified atom stereocenters. The van der Waals surface area contributed by atoms with Gasteiger partial charge >= 0.3 is 6.03 Å². The molecule has 0 saturated carbocycles. The maximum absolute atomic E-state index is 12.3. The smallest absolute Gasteiger partial charge is 0.308 e. The number of hydrogen-bond acceptors (Lipinski definition) is 4. The number of urea groups is 1. The van der Waals surface area contributed by atoms with Crippen LogP contribution in [0.25, 0.3) is 10.8 Å². The molecule has 4 aromatic rings. The lowest BCUT2D eigenvalue weighted by Crippen LogP contribution is -2.20. The quantitative estimate of drug-likeness (QED) is 0.454.